The Bertz CT molecular complexity index is 443. The molecule has 2 nitrogen and oxygen atoms in total. The first-order valence-electron chi connectivity index (χ1n) is 7.31. The number of hydrogen-bond acceptors (Lipinski definition) is 2. The van der Waals surface area contributed by atoms with Crippen LogP contribution in [0.3, 0.4) is 0 Å². The molecule has 0 aromatic heterocycles. The maximum atomic E-state index is 6.34. The fourth-order valence-corrected chi connectivity index (χ4v) is 3.72. The van der Waals surface area contributed by atoms with Crippen molar-refractivity contribution in [3.63, 3.8) is 0 Å². The van der Waals surface area contributed by atoms with Gasteiger partial charge in [0, 0.05) is 22.6 Å². The van der Waals surface area contributed by atoms with E-state index in [1.807, 2.05) is 13.2 Å². The maximum Gasteiger partial charge on any atom is 0.0693 e. The second-order valence-electron chi connectivity index (χ2n) is 5.64. The molecule has 0 heterocycles. The quantitative estimate of drug-likeness (QED) is 0.768. The molecule has 1 aromatic rings. The molecule has 1 aliphatic carbocycles. The molecule has 1 unspecified atom stereocenters. The second-order valence-corrected chi connectivity index (χ2v) is 6.96. The van der Waals surface area contributed by atoms with Crippen molar-refractivity contribution in [3.8, 4) is 0 Å². The highest BCUT2D eigenvalue weighted by molar-refractivity contribution is 9.10. The summed E-state index contributed by atoms with van der Waals surface area (Å²) in [7, 11) is 1.84. The van der Waals surface area contributed by atoms with E-state index in [9.17, 15) is 0 Å². The minimum Gasteiger partial charge on any atom is -0.378 e. The van der Waals surface area contributed by atoms with Gasteiger partial charge in [-0.25, -0.2) is 0 Å². The van der Waals surface area contributed by atoms with Crippen LogP contribution in [-0.2, 0) is 11.2 Å². The Hall–Kier alpha value is -0.0900. The fraction of sp³-hybridized carbons (Fsp3) is 0.625. The van der Waals surface area contributed by atoms with Crippen molar-refractivity contribution in [3.05, 3.63) is 33.3 Å². The third kappa shape index (κ3) is 3.97. The summed E-state index contributed by atoms with van der Waals surface area (Å²) in [6, 6.07) is 6.55. The van der Waals surface area contributed by atoms with Gasteiger partial charge in [0.25, 0.3) is 0 Å². The highest BCUT2D eigenvalue weighted by Gasteiger charge is 2.38. The van der Waals surface area contributed by atoms with Gasteiger partial charge >= 0.3 is 0 Å². The first kappa shape index (κ1) is 16.3. The number of ether oxygens (including phenoxy) is 1. The van der Waals surface area contributed by atoms with Crippen molar-refractivity contribution in [2.24, 2.45) is 0 Å². The third-order valence-electron chi connectivity index (χ3n) is 4.29. The zero-order valence-electron chi connectivity index (χ0n) is 12.2. The molecule has 0 bridgehead atoms. The summed E-state index contributed by atoms with van der Waals surface area (Å²) in [5.41, 5.74) is 1.29. The molecule has 0 saturated heterocycles. The van der Waals surface area contributed by atoms with Crippen molar-refractivity contribution in [2.45, 2.75) is 50.7 Å². The lowest BCUT2D eigenvalue weighted by molar-refractivity contribution is -0.0833. The molecular formula is C16H23BrClNO. The molecule has 0 radical (unpaired) electrons. The van der Waals surface area contributed by atoms with Gasteiger partial charge in [0.1, 0.15) is 0 Å². The summed E-state index contributed by atoms with van der Waals surface area (Å²) in [6.07, 6.45) is 5.65. The number of benzene rings is 1. The van der Waals surface area contributed by atoms with E-state index in [1.165, 1.54) is 24.8 Å². The van der Waals surface area contributed by atoms with Crippen LogP contribution in [0.4, 0.5) is 0 Å². The van der Waals surface area contributed by atoms with E-state index in [-0.39, 0.29) is 5.60 Å². The van der Waals surface area contributed by atoms with E-state index in [2.05, 4.69) is 40.3 Å². The number of halogens is 2. The van der Waals surface area contributed by atoms with Gasteiger partial charge < -0.3 is 10.1 Å². The SMILES string of the molecule is CCNC(Cc1ccc(Br)cc1Cl)CC1(OC)CCC1. The van der Waals surface area contributed by atoms with Crippen LogP contribution in [-0.4, -0.2) is 25.3 Å². The number of methoxy groups -OCH3 is 1. The van der Waals surface area contributed by atoms with Crippen molar-refractivity contribution >= 4 is 27.5 Å². The van der Waals surface area contributed by atoms with Crippen LogP contribution in [0.15, 0.2) is 22.7 Å². The molecule has 1 atom stereocenters. The van der Waals surface area contributed by atoms with Crippen LogP contribution in [0.25, 0.3) is 0 Å². The standard InChI is InChI=1S/C16H23BrClNO/c1-3-19-14(11-16(20-2)7-4-8-16)9-12-5-6-13(17)10-15(12)18/h5-6,10,14,19H,3-4,7-9,11H2,1-2H3. The molecule has 1 N–H and O–H groups in total. The van der Waals surface area contributed by atoms with Gasteiger partial charge in [-0.05, 0) is 56.3 Å². The Morgan fingerprint density at radius 2 is 2.20 bits per heavy atom. The number of nitrogens with one attached hydrogen (secondary N) is 1. The number of rotatable bonds is 7. The third-order valence-corrected chi connectivity index (χ3v) is 5.14. The lowest BCUT2D eigenvalue weighted by atomic mass is 9.75. The van der Waals surface area contributed by atoms with Gasteiger partial charge in [-0.15, -0.1) is 0 Å². The zero-order chi connectivity index (χ0) is 14.6. The largest absolute Gasteiger partial charge is 0.378 e. The Morgan fingerprint density at radius 1 is 1.45 bits per heavy atom. The van der Waals surface area contributed by atoms with E-state index >= 15 is 0 Å². The average Bonchev–Trinajstić information content (AvgIpc) is 2.37. The average molecular weight is 361 g/mol. The highest BCUT2D eigenvalue weighted by atomic mass is 79.9. The molecule has 112 valence electrons. The molecule has 1 aliphatic rings. The number of likely N-dealkylation sites (N-methyl/N-ethyl adjacent to an activating group) is 1. The maximum absolute atomic E-state index is 6.34. The van der Waals surface area contributed by atoms with Gasteiger partial charge in [0.2, 0.25) is 0 Å². The minimum atomic E-state index is 0.0919. The van der Waals surface area contributed by atoms with E-state index in [1.54, 1.807) is 0 Å². The summed E-state index contributed by atoms with van der Waals surface area (Å²) >= 11 is 9.79. The minimum absolute atomic E-state index is 0.0919. The first-order valence-corrected chi connectivity index (χ1v) is 8.48. The zero-order valence-corrected chi connectivity index (χ0v) is 14.6. The topological polar surface area (TPSA) is 21.3 Å². The van der Waals surface area contributed by atoms with Gasteiger partial charge in [-0.2, -0.15) is 0 Å². The fourth-order valence-electron chi connectivity index (χ4n) is 2.97. The molecule has 1 saturated carbocycles. The normalized spacial score (nSPS) is 18.6. The Balaban J connectivity index is 2.04. The van der Waals surface area contributed by atoms with E-state index in [4.69, 9.17) is 16.3 Å². The van der Waals surface area contributed by atoms with Gasteiger partial charge in [-0.3, -0.25) is 0 Å². The van der Waals surface area contributed by atoms with Crippen molar-refractivity contribution < 1.29 is 4.74 Å². The van der Waals surface area contributed by atoms with Crippen molar-refractivity contribution in [1.82, 2.24) is 5.32 Å². The molecule has 0 amide bonds. The summed E-state index contributed by atoms with van der Waals surface area (Å²) in [5.74, 6) is 0. The first-order chi connectivity index (χ1) is 9.58. The smallest absolute Gasteiger partial charge is 0.0693 e. The molecule has 2 rings (SSSR count). The number of hydrogen-bond donors (Lipinski definition) is 1. The molecule has 0 spiro atoms. The second kappa shape index (κ2) is 7.26. The summed E-state index contributed by atoms with van der Waals surface area (Å²) in [5, 5.41) is 4.42. The Morgan fingerprint density at radius 3 is 2.70 bits per heavy atom. The molecule has 0 aliphatic heterocycles. The van der Waals surface area contributed by atoms with E-state index in [0.29, 0.717) is 6.04 Å². The lowest BCUT2D eigenvalue weighted by Crippen LogP contribution is -2.46. The molecule has 1 fully saturated rings. The highest BCUT2D eigenvalue weighted by Crippen LogP contribution is 2.39. The van der Waals surface area contributed by atoms with Gasteiger partial charge in [0.15, 0.2) is 0 Å². The monoisotopic (exact) mass is 359 g/mol. The van der Waals surface area contributed by atoms with Crippen LogP contribution in [0.5, 0.6) is 0 Å². The van der Waals surface area contributed by atoms with Crippen LogP contribution in [0.2, 0.25) is 5.02 Å². The van der Waals surface area contributed by atoms with Crippen molar-refractivity contribution in [1.29, 1.82) is 0 Å². The Labute approximate surface area is 135 Å². The Kier molecular flexibility index (Phi) is 5.91. The van der Waals surface area contributed by atoms with E-state index in [0.717, 1.165) is 28.9 Å². The van der Waals surface area contributed by atoms with Crippen LogP contribution in [0, 0.1) is 0 Å². The predicted molar refractivity (Wildman–Crippen MR) is 88.5 cm³/mol. The molecule has 4 heteroatoms. The summed E-state index contributed by atoms with van der Waals surface area (Å²) < 4.78 is 6.78. The predicted octanol–water partition coefficient (Wildman–Crippen LogP) is 4.58. The van der Waals surface area contributed by atoms with Crippen LogP contribution < -0.4 is 5.32 Å². The van der Waals surface area contributed by atoms with Crippen molar-refractivity contribution in [2.75, 3.05) is 13.7 Å². The molecule has 20 heavy (non-hydrogen) atoms. The summed E-state index contributed by atoms with van der Waals surface area (Å²) in [6.45, 7) is 3.12. The van der Waals surface area contributed by atoms with Gasteiger partial charge in [0.05, 0.1) is 5.60 Å². The molecular weight excluding hydrogens is 338 g/mol. The van der Waals surface area contributed by atoms with Gasteiger partial charge in [-0.1, -0.05) is 40.5 Å². The molecule has 1 aromatic carbocycles. The van der Waals surface area contributed by atoms with Crippen LogP contribution >= 0.6 is 27.5 Å². The summed E-state index contributed by atoms with van der Waals surface area (Å²) in [4.78, 5) is 0. The van der Waals surface area contributed by atoms with Crippen LogP contribution in [0.1, 0.15) is 38.2 Å². The van der Waals surface area contributed by atoms with E-state index < -0.39 is 0 Å². The lowest BCUT2D eigenvalue weighted by Gasteiger charge is -2.43.